The summed E-state index contributed by atoms with van der Waals surface area (Å²) < 4.78 is 0. The molecular weight excluding hydrogens is 388 g/mol. The number of carbonyl (C=O) groups excluding carboxylic acids is 3. The standard InChI is InChI=1S/C26H28N2O3/c1-19-11-13-21(14-12-19)26(31)23(16-18-25(30)28(4)5)22(15-17-24(29)27(2)3)20-9-7-6-8-10-20/h6-18H,1-5H3/b17-15+,18-16+,23-22+. The number of hydrogen-bond donors (Lipinski definition) is 0. The number of rotatable bonds is 7. The van der Waals surface area contributed by atoms with Crippen molar-refractivity contribution in [2.24, 2.45) is 0 Å². The predicted octanol–water partition coefficient (Wildman–Crippen LogP) is 3.92. The average molecular weight is 417 g/mol. The van der Waals surface area contributed by atoms with Crippen LogP contribution in [0, 0.1) is 6.92 Å². The van der Waals surface area contributed by atoms with Crippen molar-refractivity contribution in [3.8, 4) is 0 Å². The first kappa shape index (κ1) is 23.5. The Balaban J connectivity index is 2.72. The van der Waals surface area contributed by atoms with Gasteiger partial charge in [-0.1, -0.05) is 60.2 Å². The van der Waals surface area contributed by atoms with E-state index >= 15 is 0 Å². The van der Waals surface area contributed by atoms with Gasteiger partial charge in [-0.05, 0) is 30.2 Å². The number of carbonyl (C=O) groups is 3. The van der Waals surface area contributed by atoms with Crippen molar-refractivity contribution in [1.29, 1.82) is 0 Å². The zero-order chi connectivity index (χ0) is 23.0. The molecule has 2 amide bonds. The Morgan fingerprint density at radius 2 is 1.16 bits per heavy atom. The van der Waals surface area contributed by atoms with E-state index in [0.29, 0.717) is 16.7 Å². The molecule has 31 heavy (non-hydrogen) atoms. The SMILES string of the molecule is Cc1ccc(C(=O)C(/C=C/C(=O)N(C)C)=C(\C=C\C(=O)N(C)C)c2ccccc2)cc1. The number of likely N-dealkylation sites (N-methyl/N-ethyl adjacent to an activating group) is 2. The van der Waals surface area contributed by atoms with E-state index in [1.54, 1.807) is 46.4 Å². The lowest BCUT2D eigenvalue weighted by Crippen LogP contribution is -2.19. The number of aryl methyl sites for hydroxylation is 1. The molecule has 0 aromatic heterocycles. The first-order chi connectivity index (χ1) is 14.7. The minimum atomic E-state index is -0.241. The van der Waals surface area contributed by atoms with Gasteiger partial charge in [0.25, 0.3) is 0 Å². The molecule has 0 aliphatic carbocycles. The molecule has 0 aliphatic heterocycles. The van der Waals surface area contributed by atoms with Crippen molar-refractivity contribution >= 4 is 23.2 Å². The van der Waals surface area contributed by atoms with Gasteiger partial charge in [0.05, 0.1) is 0 Å². The van der Waals surface area contributed by atoms with E-state index in [1.807, 2.05) is 49.4 Å². The molecule has 160 valence electrons. The Morgan fingerprint density at radius 3 is 1.68 bits per heavy atom. The summed E-state index contributed by atoms with van der Waals surface area (Å²) in [7, 11) is 6.61. The summed E-state index contributed by atoms with van der Waals surface area (Å²) in [6.45, 7) is 1.95. The molecule has 0 radical (unpaired) electrons. The Kier molecular flexibility index (Phi) is 8.26. The summed E-state index contributed by atoms with van der Waals surface area (Å²) in [4.78, 5) is 40.7. The minimum absolute atomic E-state index is 0.205. The Hall–Kier alpha value is -3.73. The lowest BCUT2D eigenvalue weighted by molar-refractivity contribution is -0.124. The summed E-state index contributed by atoms with van der Waals surface area (Å²) in [5, 5.41) is 0. The number of benzene rings is 2. The Bertz CT molecular complexity index is 1030. The van der Waals surface area contributed by atoms with Crippen LogP contribution in [0.15, 0.2) is 84.5 Å². The van der Waals surface area contributed by atoms with Gasteiger partial charge in [-0.3, -0.25) is 14.4 Å². The molecule has 2 aromatic rings. The summed E-state index contributed by atoms with van der Waals surface area (Å²) in [6.07, 6.45) is 5.94. The highest BCUT2D eigenvalue weighted by molar-refractivity contribution is 6.17. The maximum absolute atomic E-state index is 13.5. The monoisotopic (exact) mass is 416 g/mol. The van der Waals surface area contributed by atoms with Crippen molar-refractivity contribution in [1.82, 2.24) is 9.80 Å². The van der Waals surface area contributed by atoms with Gasteiger partial charge in [0.15, 0.2) is 5.78 Å². The zero-order valence-corrected chi connectivity index (χ0v) is 18.6. The molecule has 0 aliphatic rings. The van der Waals surface area contributed by atoms with E-state index in [0.717, 1.165) is 11.1 Å². The molecule has 2 rings (SSSR count). The number of hydrogen-bond acceptors (Lipinski definition) is 3. The second kappa shape index (κ2) is 10.9. The summed E-state index contributed by atoms with van der Waals surface area (Å²) in [5.41, 5.74) is 3.20. The maximum Gasteiger partial charge on any atom is 0.246 e. The quantitative estimate of drug-likeness (QED) is 0.391. The second-order valence-corrected chi connectivity index (χ2v) is 7.52. The van der Waals surface area contributed by atoms with Crippen molar-refractivity contribution in [3.63, 3.8) is 0 Å². The lowest BCUT2D eigenvalue weighted by Gasteiger charge is -2.12. The molecule has 5 heteroatoms. The molecule has 0 heterocycles. The van der Waals surface area contributed by atoms with Crippen LogP contribution in [0.5, 0.6) is 0 Å². The highest BCUT2D eigenvalue weighted by Crippen LogP contribution is 2.25. The number of nitrogens with zero attached hydrogens (tertiary/aromatic N) is 2. The van der Waals surface area contributed by atoms with E-state index in [4.69, 9.17) is 0 Å². The van der Waals surface area contributed by atoms with Crippen molar-refractivity contribution < 1.29 is 14.4 Å². The highest BCUT2D eigenvalue weighted by atomic mass is 16.2. The van der Waals surface area contributed by atoms with Gasteiger partial charge >= 0.3 is 0 Å². The third-order valence-corrected chi connectivity index (χ3v) is 4.60. The fourth-order valence-corrected chi connectivity index (χ4v) is 2.71. The second-order valence-electron chi connectivity index (χ2n) is 7.52. The van der Waals surface area contributed by atoms with Gasteiger partial charge in [-0.25, -0.2) is 0 Å². The Morgan fingerprint density at radius 1 is 0.645 bits per heavy atom. The van der Waals surface area contributed by atoms with Gasteiger partial charge in [0.2, 0.25) is 11.8 Å². The molecule has 0 saturated heterocycles. The largest absolute Gasteiger partial charge is 0.345 e. The number of ketones is 1. The number of Topliss-reactive ketones (excluding diaryl/α,β-unsaturated/α-hetero) is 1. The van der Waals surface area contributed by atoms with Gasteiger partial charge in [0, 0.05) is 51.5 Å². The average Bonchev–Trinajstić information content (AvgIpc) is 2.76. The number of amides is 2. The molecule has 0 N–H and O–H groups in total. The summed E-state index contributed by atoms with van der Waals surface area (Å²) >= 11 is 0. The fourth-order valence-electron chi connectivity index (χ4n) is 2.71. The van der Waals surface area contributed by atoms with Crippen LogP contribution in [-0.4, -0.2) is 55.6 Å². The predicted molar refractivity (Wildman–Crippen MR) is 125 cm³/mol. The normalized spacial score (nSPS) is 12.0. The van der Waals surface area contributed by atoms with Crippen molar-refractivity contribution in [2.45, 2.75) is 6.92 Å². The topological polar surface area (TPSA) is 57.7 Å². The van der Waals surface area contributed by atoms with Crippen LogP contribution in [0.3, 0.4) is 0 Å². The molecular formula is C26H28N2O3. The molecule has 0 unspecified atom stereocenters. The molecule has 0 fully saturated rings. The smallest absolute Gasteiger partial charge is 0.246 e. The van der Waals surface area contributed by atoms with Gasteiger partial charge < -0.3 is 9.80 Å². The summed E-state index contributed by atoms with van der Waals surface area (Å²) in [5.74, 6) is -0.678. The van der Waals surface area contributed by atoms with Crippen LogP contribution in [0.4, 0.5) is 0 Å². The number of allylic oxidation sites excluding steroid dienone is 4. The maximum atomic E-state index is 13.5. The first-order valence-corrected chi connectivity index (χ1v) is 9.90. The molecule has 5 nitrogen and oxygen atoms in total. The molecule has 0 spiro atoms. The molecule has 0 saturated carbocycles. The molecule has 0 bridgehead atoms. The highest BCUT2D eigenvalue weighted by Gasteiger charge is 2.16. The first-order valence-electron chi connectivity index (χ1n) is 9.90. The minimum Gasteiger partial charge on any atom is -0.345 e. The van der Waals surface area contributed by atoms with Crippen molar-refractivity contribution in [2.75, 3.05) is 28.2 Å². The van der Waals surface area contributed by atoms with E-state index in [9.17, 15) is 14.4 Å². The van der Waals surface area contributed by atoms with Gasteiger partial charge in [-0.15, -0.1) is 0 Å². The zero-order valence-electron chi connectivity index (χ0n) is 18.6. The van der Waals surface area contributed by atoms with Crippen LogP contribution in [-0.2, 0) is 9.59 Å². The molecule has 2 aromatic carbocycles. The lowest BCUT2D eigenvalue weighted by atomic mass is 9.92. The van der Waals surface area contributed by atoms with Gasteiger partial charge in [0.1, 0.15) is 0 Å². The summed E-state index contributed by atoms with van der Waals surface area (Å²) in [6, 6.07) is 16.6. The van der Waals surface area contributed by atoms with Crippen LogP contribution in [0.25, 0.3) is 5.57 Å². The van der Waals surface area contributed by atoms with Crippen LogP contribution in [0.2, 0.25) is 0 Å². The van der Waals surface area contributed by atoms with Crippen LogP contribution < -0.4 is 0 Å². The van der Waals surface area contributed by atoms with E-state index in [-0.39, 0.29) is 17.6 Å². The third kappa shape index (κ3) is 6.64. The van der Waals surface area contributed by atoms with Crippen molar-refractivity contribution in [3.05, 3.63) is 101 Å². The fraction of sp³-hybridized carbons (Fsp3) is 0.192. The third-order valence-electron chi connectivity index (χ3n) is 4.60. The van der Waals surface area contributed by atoms with Crippen LogP contribution in [0.1, 0.15) is 21.5 Å². The van der Waals surface area contributed by atoms with E-state index in [1.165, 1.54) is 28.0 Å². The van der Waals surface area contributed by atoms with Crippen LogP contribution >= 0.6 is 0 Å². The van der Waals surface area contributed by atoms with Gasteiger partial charge in [-0.2, -0.15) is 0 Å². The Labute approximate surface area is 184 Å². The van der Waals surface area contributed by atoms with E-state index in [2.05, 4.69) is 0 Å². The molecule has 0 atom stereocenters. The van der Waals surface area contributed by atoms with E-state index < -0.39 is 0 Å².